The van der Waals surface area contributed by atoms with E-state index >= 15 is 0 Å². The lowest BCUT2D eigenvalue weighted by atomic mass is 9.93. The molecule has 1 aromatic rings. The molecule has 0 saturated carbocycles. The van der Waals surface area contributed by atoms with Crippen LogP contribution >= 0.6 is 0 Å². The summed E-state index contributed by atoms with van der Waals surface area (Å²) in [6, 6.07) is 3.85. The number of allylic oxidation sites excluding steroid dienone is 2. The van der Waals surface area contributed by atoms with Crippen molar-refractivity contribution < 1.29 is 13.2 Å². The van der Waals surface area contributed by atoms with Gasteiger partial charge >= 0.3 is 0 Å². The van der Waals surface area contributed by atoms with Crippen molar-refractivity contribution in [2.75, 3.05) is 46.2 Å². The monoisotopic (exact) mass is 502 g/mol. The lowest BCUT2D eigenvalue weighted by Crippen LogP contribution is -2.29. The summed E-state index contributed by atoms with van der Waals surface area (Å²) < 4.78 is 34.6. The Kier molecular flexibility index (Phi) is 9.55. The van der Waals surface area contributed by atoms with Crippen molar-refractivity contribution in [1.29, 1.82) is 0 Å². The number of hydrogen-bond donors (Lipinski definition) is 0. The molecule has 0 fully saturated rings. The molecule has 8 heteroatoms. The molecule has 0 N–H and O–H groups in total. The van der Waals surface area contributed by atoms with Crippen LogP contribution in [0.3, 0.4) is 0 Å². The zero-order valence-corrected chi connectivity index (χ0v) is 23.0. The van der Waals surface area contributed by atoms with Crippen molar-refractivity contribution in [3.05, 3.63) is 41.7 Å². The highest BCUT2D eigenvalue weighted by molar-refractivity contribution is 7.89. The van der Waals surface area contributed by atoms with Crippen LogP contribution in [0, 0.1) is 5.92 Å². The second-order valence-electron chi connectivity index (χ2n) is 9.87. The third kappa shape index (κ3) is 6.54. The van der Waals surface area contributed by atoms with E-state index in [0.29, 0.717) is 12.3 Å². The standard InChI is InChI=1S/C27H42N4O3S/c1-7-9-16-31(17-10-8-2)24-19-26(34-25-13-11-12-23-22(25)14-15-28-23)27(35(32,33)30(5)6)18-21(24)20-29(3)4/h11-13,15,18-19,22-23H,7-10,14,16-17,20H2,1-6H3. The second-order valence-corrected chi connectivity index (χ2v) is 12.0. The highest BCUT2D eigenvalue weighted by Crippen LogP contribution is 2.39. The summed E-state index contributed by atoms with van der Waals surface area (Å²) in [4.78, 5) is 9.23. The maximum absolute atomic E-state index is 13.4. The molecule has 194 valence electrons. The van der Waals surface area contributed by atoms with Gasteiger partial charge < -0.3 is 14.5 Å². The van der Waals surface area contributed by atoms with Gasteiger partial charge in [-0.1, -0.05) is 38.8 Å². The number of aliphatic imine (C=N–C) groups is 1. The number of ether oxygens (including phenoxy) is 1. The molecule has 7 nitrogen and oxygen atoms in total. The van der Waals surface area contributed by atoms with E-state index in [1.165, 1.54) is 4.31 Å². The summed E-state index contributed by atoms with van der Waals surface area (Å²) in [7, 11) is 3.43. The molecule has 1 aliphatic heterocycles. The van der Waals surface area contributed by atoms with E-state index in [1.807, 2.05) is 44.6 Å². The van der Waals surface area contributed by atoms with Crippen molar-refractivity contribution in [3.63, 3.8) is 0 Å². The minimum absolute atomic E-state index is 0.0574. The van der Waals surface area contributed by atoms with Crippen LogP contribution in [0.25, 0.3) is 0 Å². The highest BCUT2D eigenvalue weighted by atomic mass is 32.2. The van der Waals surface area contributed by atoms with Gasteiger partial charge in [0.1, 0.15) is 16.4 Å². The Bertz CT molecular complexity index is 1050. The molecule has 0 radical (unpaired) electrons. The fraction of sp³-hybridized carbons (Fsp3) is 0.593. The van der Waals surface area contributed by atoms with E-state index in [2.05, 4.69) is 34.7 Å². The highest BCUT2D eigenvalue weighted by Gasteiger charge is 2.32. The smallest absolute Gasteiger partial charge is 0.246 e. The minimum Gasteiger partial charge on any atom is -0.460 e. The summed E-state index contributed by atoms with van der Waals surface area (Å²) in [5.74, 6) is 1.27. The maximum Gasteiger partial charge on any atom is 0.246 e. The van der Waals surface area contributed by atoms with E-state index < -0.39 is 10.0 Å². The van der Waals surface area contributed by atoms with E-state index in [1.54, 1.807) is 14.1 Å². The number of sulfonamides is 1. The van der Waals surface area contributed by atoms with Gasteiger partial charge in [-0.25, -0.2) is 12.7 Å². The normalized spacial score (nSPS) is 19.4. The number of anilines is 1. The second kappa shape index (κ2) is 12.2. The van der Waals surface area contributed by atoms with Gasteiger partial charge in [0.15, 0.2) is 0 Å². The zero-order chi connectivity index (χ0) is 25.6. The number of unbranched alkanes of at least 4 members (excludes halogenated alkanes) is 2. The third-order valence-corrected chi connectivity index (χ3v) is 8.34. The van der Waals surface area contributed by atoms with E-state index in [-0.39, 0.29) is 16.9 Å². The average molecular weight is 503 g/mol. The molecule has 0 saturated heterocycles. The van der Waals surface area contributed by atoms with Gasteiger partial charge in [0.05, 0.1) is 6.04 Å². The molecule has 2 atom stereocenters. The van der Waals surface area contributed by atoms with Crippen LogP contribution in [0.15, 0.2) is 46.0 Å². The van der Waals surface area contributed by atoms with Gasteiger partial charge in [-0.05, 0) is 51.1 Å². The fourth-order valence-corrected chi connectivity index (χ4v) is 5.55. The lowest BCUT2D eigenvalue weighted by Gasteiger charge is -2.30. The SMILES string of the molecule is CCCCN(CCCC)c1cc(OC2=CC=CC3N=CCC23)c(S(=O)(=O)N(C)C)cc1CN(C)C. The largest absolute Gasteiger partial charge is 0.460 e. The Morgan fingerprint density at radius 3 is 2.34 bits per heavy atom. The van der Waals surface area contributed by atoms with E-state index in [9.17, 15) is 8.42 Å². The summed E-state index contributed by atoms with van der Waals surface area (Å²) in [5, 5.41) is 0. The maximum atomic E-state index is 13.4. The molecule has 0 aromatic heterocycles. The summed E-state index contributed by atoms with van der Waals surface area (Å²) in [6.07, 6.45) is 13.1. The lowest BCUT2D eigenvalue weighted by molar-refractivity contribution is 0.333. The molecule has 35 heavy (non-hydrogen) atoms. The number of fused-ring (bicyclic) bond motifs is 1. The first-order valence-electron chi connectivity index (χ1n) is 12.8. The molecular formula is C27H42N4O3S. The molecule has 0 bridgehead atoms. The van der Waals surface area contributed by atoms with Crippen LogP contribution in [0.2, 0.25) is 0 Å². The number of benzene rings is 1. The van der Waals surface area contributed by atoms with Crippen LogP contribution in [-0.2, 0) is 16.6 Å². The number of rotatable bonds is 13. The van der Waals surface area contributed by atoms with Crippen molar-refractivity contribution in [1.82, 2.24) is 9.21 Å². The molecular weight excluding hydrogens is 460 g/mol. The quantitative estimate of drug-likeness (QED) is 0.391. The first-order valence-corrected chi connectivity index (χ1v) is 14.2. The zero-order valence-electron chi connectivity index (χ0n) is 22.2. The predicted molar refractivity (Wildman–Crippen MR) is 145 cm³/mol. The number of hydrogen-bond acceptors (Lipinski definition) is 6. The van der Waals surface area contributed by atoms with Crippen molar-refractivity contribution in [2.45, 2.75) is 63.4 Å². The van der Waals surface area contributed by atoms with Gasteiger partial charge in [-0.15, -0.1) is 0 Å². The van der Waals surface area contributed by atoms with Crippen LogP contribution in [0.5, 0.6) is 5.75 Å². The van der Waals surface area contributed by atoms with Crippen LogP contribution < -0.4 is 9.64 Å². The van der Waals surface area contributed by atoms with Gasteiger partial charge in [0.2, 0.25) is 10.0 Å². The molecule has 0 amide bonds. The van der Waals surface area contributed by atoms with Crippen LogP contribution in [-0.4, -0.2) is 71.2 Å². The van der Waals surface area contributed by atoms with Gasteiger partial charge in [-0.3, -0.25) is 4.99 Å². The van der Waals surface area contributed by atoms with Gasteiger partial charge in [0.25, 0.3) is 0 Å². The average Bonchev–Trinajstić information content (AvgIpc) is 3.29. The molecule has 0 spiro atoms. The Hall–Kier alpha value is -2.16. The van der Waals surface area contributed by atoms with E-state index in [4.69, 9.17) is 4.74 Å². The Morgan fingerprint density at radius 2 is 1.74 bits per heavy atom. The van der Waals surface area contributed by atoms with Crippen molar-refractivity contribution in [3.8, 4) is 5.75 Å². The van der Waals surface area contributed by atoms with Gasteiger partial charge in [0, 0.05) is 57.6 Å². The van der Waals surface area contributed by atoms with Gasteiger partial charge in [-0.2, -0.15) is 0 Å². The summed E-state index contributed by atoms with van der Waals surface area (Å²) >= 11 is 0. The third-order valence-electron chi connectivity index (χ3n) is 6.51. The Labute approximate surface area is 212 Å². The summed E-state index contributed by atoms with van der Waals surface area (Å²) in [6.45, 7) is 6.90. The van der Waals surface area contributed by atoms with E-state index in [0.717, 1.165) is 62.2 Å². The number of nitrogens with zero attached hydrogens (tertiary/aromatic N) is 4. The topological polar surface area (TPSA) is 65.5 Å². The van der Waals surface area contributed by atoms with Crippen molar-refractivity contribution >= 4 is 21.9 Å². The first kappa shape index (κ1) is 27.4. The molecule has 2 unspecified atom stereocenters. The first-order chi connectivity index (χ1) is 16.7. The Balaban J connectivity index is 2.15. The predicted octanol–water partition coefficient (Wildman–Crippen LogP) is 4.70. The molecule has 3 rings (SSSR count). The molecule has 2 aliphatic rings. The summed E-state index contributed by atoms with van der Waals surface area (Å²) in [5.41, 5.74) is 2.05. The van der Waals surface area contributed by atoms with Crippen LogP contribution in [0.1, 0.15) is 51.5 Å². The van der Waals surface area contributed by atoms with Crippen molar-refractivity contribution in [2.24, 2.45) is 10.9 Å². The Morgan fingerprint density at radius 1 is 1.06 bits per heavy atom. The minimum atomic E-state index is -3.72. The molecule has 1 aliphatic carbocycles. The fourth-order valence-electron chi connectivity index (χ4n) is 4.51. The van der Waals surface area contributed by atoms with Crippen LogP contribution in [0.4, 0.5) is 5.69 Å². The molecule has 1 aromatic carbocycles. The molecule has 1 heterocycles.